The van der Waals surface area contributed by atoms with Gasteiger partial charge in [-0.2, -0.15) is 0 Å². The van der Waals surface area contributed by atoms with Crippen LogP contribution < -0.4 is 9.47 Å². The molecule has 7 nitrogen and oxygen atoms in total. The van der Waals surface area contributed by atoms with Crippen LogP contribution in [-0.2, 0) is 20.7 Å². The van der Waals surface area contributed by atoms with Crippen molar-refractivity contribution in [1.29, 1.82) is 0 Å². The maximum absolute atomic E-state index is 11.9. The summed E-state index contributed by atoms with van der Waals surface area (Å²) in [5, 5.41) is 9.73. The third-order valence-electron chi connectivity index (χ3n) is 4.31. The molecule has 1 unspecified atom stereocenters. The van der Waals surface area contributed by atoms with E-state index < -0.39 is 12.0 Å². The number of methoxy groups -OCH3 is 4. The van der Waals surface area contributed by atoms with Crippen molar-refractivity contribution in [3.05, 3.63) is 23.3 Å². The van der Waals surface area contributed by atoms with E-state index in [4.69, 9.17) is 18.9 Å². The Morgan fingerprint density at radius 1 is 1.04 bits per heavy atom. The van der Waals surface area contributed by atoms with Crippen LogP contribution in [0.15, 0.2) is 12.1 Å². The molecule has 26 heavy (non-hydrogen) atoms. The molecule has 1 atom stereocenters. The van der Waals surface area contributed by atoms with Gasteiger partial charge in [-0.3, -0.25) is 9.69 Å². The van der Waals surface area contributed by atoms with E-state index in [0.717, 1.165) is 11.1 Å². The number of aliphatic carboxylic acids is 1. The minimum atomic E-state index is -0.859. The first-order valence-electron chi connectivity index (χ1n) is 8.64. The van der Waals surface area contributed by atoms with Crippen molar-refractivity contribution >= 4 is 5.97 Å². The summed E-state index contributed by atoms with van der Waals surface area (Å²) in [5.41, 5.74) is 1.91. The molecular formula is C19H31NO6. The molecule has 148 valence electrons. The quantitative estimate of drug-likeness (QED) is 0.570. The largest absolute Gasteiger partial charge is 0.496 e. The number of hydrogen-bond donors (Lipinski definition) is 1. The molecule has 0 saturated carbocycles. The second kappa shape index (κ2) is 11.7. The van der Waals surface area contributed by atoms with Crippen LogP contribution in [0.4, 0.5) is 0 Å². The van der Waals surface area contributed by atoms with E-state index in [9.17, 15) is 9.90 Å². The molecule has 0 amide bonds. The smallest absolute Gasteiger partial charge is 0.320 e. The van der Waals surface area contributed by atoms with E-state index in [1.807, 2.05) is 24.0 Å². The van der Waals surface area contributed by atoms with E-state index in [-0.39, 0.29) is 0 Å². The molecule has 1 aromatic rings. The molecule has 0 fully saturated rings. The van der Waals surface area contributed by atoms with Crippen LogP contribution in [0.2, 0.25) is 0 Å². The fourth-order valence-corrected chi connectivity index (χ4v) is 2.95. The lowest BCUT2D eigenvalue weighted by atomic mass is 10.0. The van der Waals surface area contributed by atoms with Gasteiger partial charge in [0.05, 0.1) is 27.4 Å². The van der Waals surface area contributed by atoms with Gasteiger partial charge in [0, 0.05) is 32.9 Å². The molecule has 1 aromatic carbocycles. The molecular weight excluding hydrogens is 338 g/mol. The number of aryl methyl sites for hydroxylation is 1. The fourth-order valence-electron chi connectivity index (χ4n) is 2.95. The summed E-state index contributed by atoms with van der Waals surface area (Å²) < 4.78 is 21.2. The standard InChI is InChI=1S/C19H31NO6/c1-14-12-17(25-4)15(18(13-14)26-5)6-7-16(19(21)22)20(8-10-23-2)9-11-24-3/h12-13,16H,6-11H2,1-5H3,(H,21,22). The average Bonchev–Trinajstić information content (AvgIpc) is 2.63. The lowest BCUT2D eigenvalue weighted by Gasteiger charge is -2.28. The monoisotopic (exact) mass is 369 g/mol. The van der Waals surface area contributed by atoms with Gasteiger partial charge >= 0.3 is 5.97 Å². The summed E-state index contributed by atoms with van der Waals surface area (Å²) >= 11 is 0. The van der Waals surface area contributed by atoms with Crippen LogP contribution >= 0.6 is 0 Å². The molecule has 0 saturated heterocycles. The molecule has 0 heterocycles. The van der Waals surface area contributed by atoms with Crippen molar-refractivity contribution in [3.8, 4) is 11.5 Å². The van der Waals surface area contributed by atoms with Gasteiger partial charge in [0.2, 0.25) is 0 Å². The molecule has 7 heteroatoms. The molecule has 1 rings (SSSR count). The Hall–Kier alpha value is -1.83. The van der Waals surface area contributed by atoms with Gasteiger partial charge in [-0.15, -0.1) is 0 Å². The minimum Gasteiger partial charge on any atom is -0.496 e. The Labute approximate surface area is 155 Å². The number of ether oxygens (including phenoxy) is 4. The van der Waals surface area contributed by atoms with Crippen LogP contribution in [0.25, 0.3) is 0 Å². The highest BCUT2D eigenvalue weighted by atomic mass is 16.5. The third kappa shape index (κ3) is 6.48. The highest BCUT2D eigenvalue weighted by Gasteiger charge is 2.26. The third-order valence-corrected chi connectivity index (χ3v) is 4.31. The number of rotatable bonds is 13. The number of carboxylic acids is 1. The molecule has 0 aliphatic rings. The van der Waals surface area contributed by atoms with Crippen LogP contribution in [0.3, 0.4) is 0 Å². The van der Waals surface area contributed by atoms with Crippen LogP contribution in [0, 0.1) is 6.92 Å². The predicted octanol–water partition coefficient (Wildman–Crippen LogP) is 1.99. The van der Waals surface area contributed by atoms with Gasteiger partial charge < -0.3 is 24.1 Å². The zero-order valence-electron chi connectivity index (χ0n) is 16.4. The summed E-state index contributed by atoms with van der Waals surface area (Å²) in [6.07, 6.45) is 0.957. The van der Waals surface area contributed by atoms with Crippen LogP contribution in [-0.4, -0.2) is 76.8 Å². The topological polar surface area (TPSA) is 77.5 Å². The highest BCUT2D eigenvalue weighted by molar-refractivity contribution is 5.73. The summed E-state index contributed by atoms with van der Waals surface area (Å²) in [5.74, 6) is 0.569. The van der Waals surface area contributed by atoms with Crippen molar-refractivity contribution in [2.24, 2.45) is 0 Å². The van der Waals surface area contributed by atoms with E-state index >= 15 is 0 Å². The van der Waals surface area contributed by atoms with Crippen molar-refractivity contribution < 1.29 is 28.8 Å². The van der Waals surface area contributed by atoms with E-state index in [1.165, 1.54) is 0 Å². The molecule has 0 aromatic heterocycles. The van der Waals surface area contributed by atoms with Gasteiger partial charge in [0.25, 0.3) is 0 Å². The Morgan fingerprint density at radius 2 is 1.54 bits per heavy atom. The molecule has 0 spiro atoms. The van der Waals surface area contributed by atoms with Gasteiger partial charge in [0.1, 0.15) is 17.5 Å². The fraction of sp³-hybridized carbons (Fsp3) is 0.632. The summed E-state index contributed by atoms with van der Waals surface area (Å²) in [7, 11) is 6.42. The molecule has 0 aliphatic carbocycles. The maximum atomic E-state index is 11.9. The lowest BCUT2D eigenvalue weighted by Crippen LogP contribution is -2.44. The van der Waals surface area contributed by atoms with Crippen LogP contribution in [0.1, 0.15) is 17.5 Å². The van der Waals surface area contributed by atoms with Gasteiger partial charge in [-0.1, -0.05) is 0 Å². The first kappa shape index (κ1) is 22.2. The van der Waals surface area contributed by atoms with Gasteiger partial charge in [0.15, 0.2) is 0 Å². The van der Waals surface area contributed by atoms with E-state index in [2.05, 4.69) is 0 Å². The SMILES string of the molecule is COCCN(CCOC)C(CCc1c(OC)cc(C)cc1OC)C(=O)O. The van der Waals surface area contributed by atoms with Crippen molar-refractivity contribution in [2.45, 2.75) is 25.8 Å². The maximum Gasteiger partial charge on any atom is 0.320 e. The Kier molecular flexibility index (Phi) is 10.0. The first-order valence-corrected chi connectivity index (χ1v) is 8.64. The average molecular weight is 369 g/mol. The van der Waals surface area contributed by atoms with E-state index in [0.29, 0.717) is 50.6 Å². The summed E-state index contributed by atoms with van der Waals surface area (Å²) in [6.45, 7) is 3.94. The Bertz CT molecular complexity index is 530. The zero-order valence-corrected chi connectivity index (χ0v) is 16.4. The van der Waals surface area contributed by atoms with Crippen molar-refractivity contribution in [1.82, 2.24) is 4.90 Å². The predicted molar refractivity (Wildman–Crippen MR) is 99.4 cm³/mol. The number of hydrogen-bond acceptors (Lipinski definition) is 6. The second-order valence-electron chi connectivity index (χ2n) is 6.06. The van der Waals surface area contributed by atoms with Crippen molar-refractivity contribution in [2.75, 3.05) is 54.7 Å². The molecule has 1 N–H and O–H groups in total. The number of benzene rings is 1. The molecule has 0 bridgehead atoms. The second-order valence-corrected chi connectivity index (χ2v) is 6.06. The van der Waals surface area contributed by atoms with Crippen LogP contribution in [0.5, 0.6) is 11.5 Å². The van der Waals surface area contributed by atoms with Gasteiger partial charge in [-0.05, 0) is 37.5 Å². The minimum absolute atomic E-state index is 0.429. The highest BCUT2D eigenvalue weighted by Crippen LogP contribution is 2.32. The molecule has 0 aliphatic heterocycles. The summed E-state index contributed by atoms with van der Waals surface area (Å²) in [6, 6.07) is 3.22. The Morgan fingerprint density at radius 3 is 1.92 bits per heavy atom. The number of nitrogens with zero attached hydrogens (tertiary/aromatic N) is 1. The zero-order chi connectivity index (χ0) is 19.5. The Balaban J connectivity index is 2.98. The lowest BCUT2D eigenvalue weighted by molar-refractivity contribution is -0.144. The molecule has 0 radical (unpaired) electrons. The van der Waals surface area contributed by atoms with Crippen molar-refractivity contribution in [3.63, 3.8) is 0 Å². The number of carbonyl (C=O) groups is 1. The number of carboxylic acid groups (broad SMARTS) is 1. The summed E-state index contributed by atoms with van der Waals surface area (Å²) in [4.78, 5) is 13.7. The first-order chi connectivity index (χ1) is 12.5. The normalized spacial score (nSPS) is 12.2. The van der Waals surface area contributed by atoms with E-state index in [1.54, 1.807) is 28.4 Å². The van der Waals surface area contributed by atoms with Gasteiger partial charge in [-0.25, -0.2) is 0 Å².